The van der Waals surface area contributed by atoms with Crippen molar-refractivity contribution in [3.05, 3.63) is 81.1 Å². The molecule has 0 aliphatic rings. The van der Waals surface area contributed by atoms with Crippen molar-refractivity contribution < 1.29 is 4.79 Å². The Morgan fingerprint density at radius 2 is 1.83 bits per heavy atom. The van der Waals surface area contributed by atoms with Gasteiger partial charge >= 0.3 is 0 Å². The molecule has 3 rings (SSSR count). The van der Waals surface area contributed by atoms with Gasteiger partial charge in [-0.25, -0.2) is 4.99 Å². The number of hydrogen-bond acceptors (Lipinski definition) is 3. The van der Waals surface area contributed by atoms with Crippen molar-refractivity contribution in [3.8, 4) is 5.69 Å². The molecule has 152 valence electrons. The van der Waals surface area contributed by atoms with Crippen LogP contribution in [0.2, 0.25) is 0 Å². The van der Waals surface area contributed by atoms with E-state index in [-0.39, 0.29) is 17.9 Å². The molecule has 0 aliphatic carbocycles. The van der Waals surface area contributed by atoms with Crippen LogP contribution in [0, 0.1) is 13.8 Å². The van der Waals surface area contributed by atoms with Crippen LogP contribution in [0.3, 0.4) is 0 Å². The second kappa shape index (κ2) is 8.78. The third kappa shape index (κ3) is 5.24. The second-order valence-corrected chi connectivity index (χ2v) is 9.19. The van der Waals surface area contributed by atoms with Crippen LogP contribution in [-0.4, -0.2) is 17.0 Å². The van der Waals surface area contributed by atoms with Gasteiger partial charge in [0.2, 0.25) is 5.91 Å². The van der Waals surface area contributed by atoms with Crippen LogP contribution in [-0.2, 0) is 16.8 Å². The molecule has 1 heterocycles. The standard InChI is InChI=1S/C24H29N3OS/c1-17-11-12-20(18(2)13-17)27-21(24(3,4)5)16-29-23(27)26-15-22(28)25-14-19-9-7-6-8-10-19/h6-13,16H,14-15H2,1-5H3,(H,25,28). The SMILES string of the molecule is Cc1ccc(-n2c(C(C)(C)C)csc2=NCC(=O)NCc2ccccc2)c(C)c1. The summed E-state index contributed by atoms with van der Waals surface area (Å²) in [6.45, 7) is 11.5. The van der Waals surface area contributed by atoms with E-state index in [2.05, 4.69) is 73.1 Å². The van der Waals surface area contributed by atoms with Gasteiger partial charge in [-0.3, -0.25) is 9.36 Å². The number of aromatic nitrogens is 1. The third-order valence-corrected chi connectivity index (χ3v) is 5.62. The highest BCUT2D eigenvalue weighted by molar-refractivity contribution is 7.07. The highest BCUT2D eigenvalue weighted by Crippen LogP contribution is 2.27. The minimum absolute atomic E-state index is 0.0306. The van der Waals surface area contributed by atoms with Gasteiger partial charge in [-0.1, -0.05) is 68.8 Å². The van der Waals surface area contributed by atoms with Gasteiger partial charge in [-0.05, 0) is 31.0 Å². The maximum Gasteiger partial charge on any atom is 0.242 e. The van der Waals surface area contributed by atoms with Crippen LogP contribution < -0.4 is 10.1 Å². The Labute approximate surface area is 177 Å². The molecule has 0 bridgehead atoms. The molecule has 29 heavy (non-hydrogen) atoms. The van der Waals surface area contributed by atoms with E-state index in [1.54, 1.807) is 11.3 Å². The monoisotopic (exact) mass is 407 g/mol. The highest BCUT2D eigenvalue weighted by Gasteiger charge is 2.21. The molecule has 0 unspecified atom stereocenters. The molecule has 0 saturated carbocycles. The molecule has 0 radical (unpaired) electrons. The molecule has 1 N–H and O–H groups in total. The maximum atomic E-state index is 12.3. The number of aryl methyl sites for hydroxylation is 2. The first-order chi connectivity index (χ1) is 13.8. The Balaban J connectivity index is 1.89. The summed E-state index contributed by atoms with van der Waals surface area (Å²) in [4.78, 5) is 17.8. The molecule has 0 atom stereocenters. The van der Waals surface area contributed by atoms with Crippen LogP contribution in [0.25, 0.3) is 5.69 Å². The molecule has 3 aromatic rings. The van der Waals surface area contributed by atoms with Gasteiger partial charge in [0.25, 0.3) is 0 Å². The topological polar surface area (TPSA) is 46.4 Å². The Morgan fingerprint density at radius 1 is 1.10 bits per heavy atom. The summed E-state index contributed by atoms with van der Waals surface area (Å²) >= 11 is 1.58. The van der Waals surface area contributed by atoms with Crippen molar-refractivity contribution in [2.24, 2.45) is 4.99 Å². The zero-order valence-corrected chi connectivity index (χ0v) is 18.6. The average molecular weight is 408 g/mol. The molecule has 1 aromatic heterocycles. The lowest BCUT2D eigenvalue weighted by Crippen LogP contribution is -2.28. The number of carbonyl (C=O) groups excluding carboxylic acids is 1. The van der Waals surface area contributed by atoms with Crippen LogP contribution in [0.1, 0.15) is 43.2 Å². The predicted octanol–water partition coefficient (Wildman–Crippen LogP) is 4.67. The number of nitrogens with one attached hydrogen (secondary N) is 1. The zero-order chi connectivity index (χ0) is 21.0. The van der Waals surface area contributed by atoms with Crippen molar-refractivity contribution in [3.63, 3.8) is 0 Å². The van der Waals surface area contributed by atoms with Crippen molar-refractivity contribution in [2.45, 2.75) is 46.6 Å². The van der Waals surface area contributed by atoms with Crippen LogP contribution in [0.15, 0.2) is 58.9 Å². The van der Waals surface area contributed by atoms with E-state index in [9.17, 15) is 4.79 Å². The molecule has 0 fully saturated rings. The fourth-order valence-electron chi connectivity index (χ4n) is 3.22. The predicted molar refractivity (Wildman–Crippen MR) is 121 cm³/mol. The number of nitrogens with zero attached hydrogens (tertiary/aromatic N) is 2. The quantitative estimate of drug-likeness (QED) is 0.656. The zero-order valence-electron chi connectivity index (χ0n) is 17.8. The van der Waals surface area contributed by atoms with E-state index in [0.717, 1.165) is 16.1 Å². The summed E-state index contributed by atoms with van der Waals surface area (Å²) in [7, 11) is 0. The van der Waals surface area contributed by atoms with Gasteiger partial charge < -0.3 is 5.32 Å². The molecule has 2 aromatic carbocycles. The Kier molecular flexibility index (Phi) is 6.38. The lowest BCUT2D eigenvalue weighted by molar-refractivity contribution is -0.119. The highest BCUT2D eigenvalue weighted by atomic mass is 32.1. The van der Waals surface area contributed by atoms with Gasteiger partial charge in [0.05, 0.1) is 5.69 Å². The van der Waals surface area contributed by atoms with Crippen molar-refractivity contribution >= 4 is 17.2 Å². The number of hydrogen-bond donors (Lipinski definition) is 1. The van der Waals surface area contributed by atoms with E-state index < -0.39 is 0 Å². The number of amides is 1. The van der Waals surface area contributed by atoms with Crippen molar-refractivity contribution in [1.29, 1.82) is 0 Å². The third-order valence-electron chi connectivity index (χ3n) is 4.76. The molecule has 4 nitrogen and oxygen atoms in total. The largest absolute Gasteiger partial charge is 0.350 e. The Bertz CT molecular complexity index is 1060. The molecule has 5 heteroatoms. The molecule has 0 aliphatic heterocycles. The van der Waals surface area contributed by atoms with Gasteiger partial charge in [-0.15, -0.1) is 11.3 Å². The van der Waals surface area contributed by atoms with E-state index in [1.807, 2.05) is 30.3 Å². The number of thiazole rings is 1. The lowest BCUT2D eigenvalue weighted by atomic mass is 9.92. The molecular weight excluding hydrogens is 378 g/mol. The van der Waals surface area contributed by atoms with Crippen molar-refractivity contribution in [1.82, 2.24) is 9.88 Å². The molecule has 0 saturated heterocycles. The first-order valence-corrected chi connectivity index (χ1v) is 10.7. The first-order valence-electron chi connectivity index (χ1n) is 9.85. The van der Waals surface area contributed by atoms with Gasteiger partial charge in [-0.2, -0.15) is 0 Å². The average Bonchev–Trinajstić information content (AvgIpc) is 3.10. The van der Waals surface area contributed by atoms with Crippen LogP contribution in [0.5, 0.6) is 0 Å². The summed E-state index contributed by atoms with van der Waals surface area (Å²) < 4.78 is 2.20. The maximum absolute atomic E-state index is 12.3. The van der Waals surface area contributed by atoms with Crippen LogP contribution >= 0.6 is 11.3 Å². The first kappa shape index (κ1) is 21.1. The fraction of sp³-hybridized carbons (Fsp3) is 0.333. The molecule has 1 amide bonds. The van der Waals surface area contributed by atoms with Gasteiger partial charge in [0.15, 0.2) is 4.80 Å². The summed E-state index contributed by atoms with van der Waals surface area (Å²) in [5, 5.41) is 5.10. The summed E-state index contributed by atoms with van der Waals surface area (Å²) in [5.41, 5.74) is 5.79. The minimum atomic E-state index is -0.0771. The Morgan fingerprint density at radius 3 is 2.48 bits per heavy atom. The second-order valence-electron chi connectivity index (χ2n) is 8.36. The van der Waals surface area contributed by atoms with Gasteiger partial charge in [0.1, 0.15) is 6.54 Å². The number of benzene rings is 2. The van der Waals surface area contributed by atoms with Gasteiger partial charge in [0, 0.05) is 23.0 Å². The smallest absolute Gasteiger partial charge is 0.242 e. The number of rotatable bonds is 5. The summed E-state index contributed by atoms with van der Waals surface area (Å²) in [6.07, 6.45) is 0. The molecule has 0 spiro atoms. The summed E-state index contributed by atoms with van der Waals surface area (Å²) in [5.74, 6) is -0.0771. The summed E-state index contributed by atoms with van der Waals surface area (Å²) in [6, 6.07) is 16.4. The Hall–Kier alpha value is -2.66. The number of carbonyl (C=O) groups is 1. The van der Waals surface area contributed by atoms with E-state index in [1.165, 1.54) is 16.8 Å². The normalized spacial score (nSPS) is 12.2. The lowest BCUT2D eigenvalue weighted by Gasteiger charge is -2.22. The van der Waals surface area contributed by atoms with E-state index in [4.69, 9.17) is 0 Å². The van der Waals surface area contributed by atoms with E-state index >= 15 is 0 Å². The van der Waals surface area contributed by atoms with Crippen molar-refractivity contribution in [2.75, 3.05) is 6.54 Å². The minimum Gasteiger partial charge on any atom is -0.350 e. The van der Waals surface area contributed by atoms with Crippen LogP contribution in [0.4, 0.5) is 0 Å². The van der Waals surface area contributed by atoms with E-state index in [0.29, 0.717) is 6.54 Å². The fourth-order valence-corrected chi connectivity index (χ4v) is 4.34. The molecular formula is C24H29N3OS.